The van der Waals surface area contributed by atoms with Gasteiger partial charge in [-0.25, -0.2) is 13.9 Å². The highest BCUT2D eigenvalue weighted by Crippen LogP contribution is 2.60. The van der Waals surface area contributed by atoms with Crippen LogP contribution in [0.3, 0.4) is 0 Å². The summed E-state index contributed by atoms with van der Waals surface area (Å²) in [6.45, 7) is 2.29. The number of rotatable bonds is 31. The minimum absolute atomic E-state index is 0.485. The van der Waals surface area contributed by atoms with Gasteiger partial charge in [-0.15, -0.1) is 0 Å². The van der Waals surface area contributed by atoms with Gasteiger partial charge >= 0.3 is 39.2 Å². The van der Waals surface area contributed by atoms with E-state index in [1.807, 2.05) is 4.98 Å². The predicted molar refractivity (Wildman–Crippen MR) is 259 cm³/mol. The van der Waals surface area contributed by atoms with Gasteiger partial charge in [0.05, 0.1) is 19.3 Å². The van der Waals surface area contributed by atoms with E-state index in [1.165, 1.54) is 0 Å². The van der Waals surface area contributed by atoms with Gasteiger partial charge in [-0.1, -0.05) is 0 Å². The van der Waals surface area contributed by atoms with Crippen molar-refractivity contribution in [3.05, 3.63) is 33.1 Å². The molecule has 37 nitrogen and oxygen atoms in total. The van der Waals surface area contributed by atoms with Gasteiger partial charge in [0, 0.05) is 31.5 Å². The van der Waals surface area contributed by atoms with Gasteiger partial charge in [0.2, 0.25) is 17.7 Å². The fourth-order valence-electron chi connectivity index (χ4n) is 7.80. The molecule has 2 aliphatic heterocycles. The van der Waals surface area contributed by atoms with E-state index in [9.17, 15) is 102 Å². The number of phosphoric acid groups is 2. The van der Waals surface area contributed by atoms with E-state index < -0.39 is 222 Å². The highest BCUT2D eigenvalue weighted by atomic mass is 31.3. The molecule has 3 heterocycles. The van der Waals surface area contributed by atoms with Crippen LogP contribution >= 0.6 is 15.6 Å². The molecule has 80 heavy (non-hydrogen) atoms. The lowest BCUT2D eigenvalue weighted by Gasteiger charge is -2.42. The molecule has 0 aliphatic carbocycles. The molecule has 39 heteroatoms. The number of hydrogen-bond acceptors (Lipinski definition) is 26. The van der Waals surface area contributed by atoms with Crippen molar-refractivity contribution in [2.75, 3.05) is 13.2 Å². The molecule has 1 aromatic rings. The third-order valence-electron chi connectivity index (χ3n) is 12.3. The normalized spacial score (nSPS) is 26.9. The fraction of sp³-hybridized carbons (Fsp3) is 0.683. The number of carbonyl (C=O) groups excluding carboxylic acids is 6. The Labute approximate surface area is 450 Å². The molecule has 0 spiro atoms. The summed E-state index contributed by atoms with van der Waals surface area (Å²) in [4.78, 5) is 162. The summed E-state index contributed by atoms with van der Waals surface area (Å²) in [5.74, 6) is -13.7. The number of carboxylic acids is 3. The Balaban J connectivity index is 1.82. The molecule has 3 rings (SSSR count). The van der Waals surface area contributed by atoms with Crippen molar-refractivity contribution in [3.63, 3.8) is 0 Å². The van der Waals surface area contributed by atoms with E-state index in [0.29, 0.717) is 4.57 Å². The smallest absolute Gasteiger partial charge is 0.480 e. The van der Waals surface area contributed by atoms with Crippen LogP contribution in [0, 0.1) is 5.92 Å². The van der Waals surface area contributed by atoms with Gasteiger partial charge in [0.1, 0.15) is 78.7 Å². The summed E-state index contributed by atoms with van der Waals surface area (Å²) in [6, 6.07) is -9.52. The van der Waals surface area contributed by atoms with E-state index >= 15 is 0 Å². The first-order valence-corrected chi connectivity index (χ1v) is 26.7. The first-order valence-electron chi connectivity index (χ1n) is 23.7. The maximum absolute atomic E-state index is 14.3. The van der Waals surface area contributed by atoms with Gasteiger partial charge in [-0.2, -0.15) is 4.31 Å². The summed E-state index contributed by atoms with van der Waals surface area (Å²) in [7, 11) is -11.5. The number of H-pyrrole nitrogens is 1. The molecule has 2 saturated heterocycles. The number of ether oxygens (including phenoxy) is 3. The number of amides is 4. The molecule has 4 amide bonds. The van der Waals surface area contributed by atoms with Crippen molar-refractivity contribution in [2.24, 2.45) is 23.1 Å². The lowest BCUT2D eigenvalue weighted by atomic mass is 9.86. The summed E-state index contributed by atoms with van der Waals surface area (Å²) in [6.07, 6.45) is -19.1. The van der Waals surface area contributed by atoms with Gasteiger partial charge in [0.15, 0.2) is 23.8 Å². The Kier molecular flexibility index (Phi) is 24.6. The van der Waals surface area contributed by atoms with Gasteiger partial charge in [0.25, 0.3) is 11.5 Å². The number of phosphoric ester groups is 2. The van der Waals surface area contributed by atoms with Crippen molar-refractivity contribution in [2.45, 2.75) is 157 Å². The number of aromatic nitrogens is 2. The van der Waals surface area contributed by atoms with Crippen LogP contribution in [0.25, 0.3) is 0 Å². The molecule has 19 atom stereocenters. The maximum Gasteiger partial charge on any atom is 0.481 e. The number of nitrogens with two attached hydrogens (primary N) is 3. The largest absolute Gasteiger partial charge is 0.481 e. The molecular weight excluding hydrogens is 1130 g/mol. The van der Waals surface area contributed by atoms with Crippen molar-refractivity contribution in [3.8, 4) is 0 Å². The second kappa shape index (κ2) is 28.7. The molecule has 19 unspecified atom stereocenters. The van der Waals surface area contributed by atoms with Crippen LogP contribution in [0.2, 0.25) is 0 Å². The standard InChI is InChI=1S/C41H65N9O28P2/c1-14(32(58)46-15(2)35(60)61)45-33(59)20(8-6-18(25(43)37(64)65)21(52)9-7-19(42)36(62)63)47-39(67)41(5,49-17(4)51)31(57)16(3)75-30-26(44)38(66)77-23(28(30)55)13-74-80(71,72)78-79(69,70)73-12-22-27(54)29(56)34(76-22)50-11-10-24(53)48-40(50)68/h10-11,14-16,18-20,22-23,25-30,34,38,54-56,66H,6-9,12-13,42-44H2,1-5H3,(H,45,59)(H,46,58)(H,47,67)(H,49,51)(H,60,61)(H,62,63)(H,64,65)(H,69,70)(H,71,72)(H,48,53,68). The molecule has 0 aromatic carbocycles. The number of nitrogens with zero attached hydrogens (tertiary/aromatic N) is 1. The Bertz CT molecular complexity index is 2680. The number of ketones is 2. The van der Waals surface area contributed by atoms with Crippen molar-refractivity contribution in [1.82, 2.24) is 30.8 Å². The molecule has 2 fully saturated rings. The van der Waals surface area contributed by atoms with Crippen LogP contribution in [0.15, 0.2) is 21.9 Å². The molecule has 0 saturated carbocycles. The third kappa shape index (κ3) is 18.6. The maximum atomic E-state index is 14.3. The predicted octanol–water partition coefficient (Wildman–Crippen LogP) is -7.80. The number of aliphatic carboxylic acids is 3. The van der Waals surface area contributed by atoms with Crippen LogP contribution < -0.4 is 49.7 Å². The summed E-state index contributed by atoms with van der Waals surface area (Å²) < 4.78 is 55.9. The number of hydrogen-bond donors (Lipinski definition) is 17. The van der Waals surface area contributed by atoms with Crippen molar-refractivity contribution < 1.29 is 125 Å². The highest BCUT2D eigenvalue weighted by molar-refractivity contribution is 7.61. The number of carboxylic acid groups (broad SMARTS) is 3. The average molecular weight is 1190 g/mol. The first kappa shape index (κ1) is 68.4. The van der Waals surface area contributed by atoms with E-state index in [0.717, 1.165) is 46.9 Å². The van der Waals surface area contributed by atoms with Gasteiger partial charge < -0.3 is 98.2 Å². The number of nitrogens with one attached hydrogen (secondary N) is 5. The van der Waals surface area contributed by atoms with Crippen LogP contribution in [-0.4, -0.2) is 212 Å². The zero-order valence-corrected chi connectivity index (χ0v) is 44.8. The van der Waals surface area contributed by atoms with Crippen LogP contribution in [0.1, 0.15) is 66.5 Å². The number of aromatic amines is 1. The zero-order valence-electron chi connectivity index (χ0n) is 43.0. The highest BCUT2D eigenvalue weighted by Gasteiger charge is 2.51. The SMILES string of the molecule is CC(=O)NC(C)(C(=O)NC(CCC(C(=O)CCC(N)C(=O)O)C(N)C(=O)O)C(=O)NC(C)C(=O)NC(C)C(=O)O)C(=O)C(C)OC1C(N)C(O)OC(COP(=O)(O)OP(=O)(O)OCC2OC(n3ccc(=O)[nH]c3=O)C(O)C2O)C1O. The molecule has 2 aliphatic rings. The van der Waals surface area contributed by atoms with E-state index in [1.54, 1.807) is 0 Å². The zero-order chi connectivity index (χ0) is 61.1. The second-order valence-corrected chi connectivity index (χ2v) is 21.6. The topological polar surface area (TPSA) is 606 Å². The summed E-state index contributed by atoms with van der Waals surface area (Å²) >= 11 is 0. The number of Topliss-reactive ketones (excluding diaryl/α,β-unsaturated/α-hetero) is 2. The molecule has 20 N–H and O–H groups in total. The van der Waals surface area contributed by atoms with E-state index in [-0.39, 0.29) is 0 Å². The first-order chi connectivity index (χ1) is 36.8. The molecule has 0 radical (unpaired) electrons. The number of carbonyl (C=O) groups is 9. The quantitative estimate of drug-likeness (QED) is 0.0243. The van der Waals surface area contributed by atoms with E-state index in [4.69, 9.17) is 36.5 Å². The van der Waals surface area contributed by atoms with E-state index in [2.05, 4.69) is 34.6 Å². The number of aliphatic hydroxyl groups excluding tert-OH is 4. The van der Waals surface area contributed by atoms with Crippen molar-refractivity contribution >= 4 is 68.7 Å². The van der Waals surface area contributed by atoms with Gasteiger partial charge in [-0.3, -0.25) is 66.5 Å². The Hall–Kier alpha value is -5.83. The second-order valence-electron chi connectivity index (χ2n) is 18.5. The molecule has 452 valence electrons. The molecule has 1 aromatic heterocycles. The Morgan fingerprint density at radius 3 is 1.88 bits per heavy atom. The summed E-state index contributed by atoms with van der Waals surface area (Å²) in [5, 5.41) is 79.3. The van der Waals surface area contributed by atoms with Crippen LogP contribution in [-0.2, 0) is 79.8 Å². The monoisotopic (exact) mass is 1190 g/mol. The minimum atomic E-state index is -5.79. The lowest BCUT2D eigenvalue weighted by molar-refractivity contribution is -0.260. The van der Waals surface area contributed by atoms with Gasteiger partial charge in [-0.05, 0) is 47.0 Å². The number of aliphatic hydroxyl groups is 4. The van der Waals surface area contributed by atoms with Crippen LogP contribution in [0.4, 0.5) is 0 Å². The molecular formula is C41H65N9O28P2. The Morgan fingerprint density at radius 1 is 0.787 bits per heavy atom. The van der Waals surface area contributed by atoms with Crippen molar-refractivity contribution in [1.29, 1.82) is 0 Å². The third-order valence-corrected chi connectivity index (χ3v) is 14.9. The molecule has 0 bridgehead atoms. The average Bonchev–Trinajstić information content (AvgIpc) is 3.63. The summed E-state index contributed by atoms with van der Waals surface area (Å²) in [5.41, 5.74) is 12.6. The minimum Gasteiger partial charge on any atom is -0.480 e. The fourth-order valence-corrected chi connectivity index (χ4v) is 9.89. The lowest BCUT2D eigenvalue weighted by Crippen LogP contribution is -2.68. The van der Waals surface area contributed by atoms with Crippen LogP contribution in [0.5, 0.6) is 0 Å². The Morgan fingerprint density at radius 2 is 1.35 bits per heavy atom.